The zero-order chi connectivity index (χ0) is 21.1. The van der Waals surface area contributed by atoms with Crippen LogP contribution in [0.25, 0.3) is 0 Å². The lowest BCUT2D eigenvalue weighted by Crippen LogP contribution is -2.38. The van der Waals surface area contributed by atoms with Crippen molar-refractivity contribution in [2.45, 2.75) is 25.1 Å². The Kier molecular flexibility index (Phi) is 5.80. The molecule has 0 radical (unpaired) electrons. The summed E-state index contributed by atoms with van der Waals surface area (Å²) in [5.74, 6) is 0. The molecule has 1 atom stereocenters. The summed E-state index contributed by atoms with van der Waals surface area (Å²) in [7, 11) is 0. The third-order valence-electron chi connectivity index (χ3n) is 5.52. The highest BCUT2D eigenvalue weighted by Crippen LogP contribution is 2.37. The molecule has 160 valence electrons. The van der Waals surface area contributed by atoms with Gasteiger partial charge in [-0.1, -0.05) is 0 Å². The van der Waals surface area contributed by atoms with Crippen LogP contribution in [0.15, 0.2) is 42.7 Å². The van der Waals surface area contributed by atoms with Crippen LogP contribution in [-0.4, -0.2) is 48.8 Å². The van der Waals surface area contributed by atoms with E-state index < -0.39 is 17.8 Å². The van der Waals surface area contributed by atoms with Gasteiger partial charge in [-0.3, -0.25) is 4.98 Å². The smallest absolute Gasteiger partial charge is 0.378 e. The van der Waals surface area contributed by atoms with Crippen LogP contribution in [0, 0.1) is 0 Å². The highest BCUT2D eigenvalue weighted by atomic mass is 19.4. The normalized spacial score (nSPS) is 19.8. The van der Waals surface area contributed by atoms with Crippen molar-refractivity contribution >= 4 is 17.4 Å². The number of morpholine rings is 1. The SMILES string of the molecule is O=C(Nc1cc(C(F)(F)F)ccc1N1CCOCC1)N1CCCC1c1ccncc1. The lowest BCUT2D eigenvalue weighted by atomic mass is 10.1. The van der Waals surface area contributed by atoms with E-state index in [9.17, 15) is 18.0 Å². The topological polar surface area (TPSA) is 57.7 Å². The van der Waals surface area contributed by atoms with Gasteiger partial charge in [0.25, 0.3) is 0 Å². The van der Waals surface area contributed by atoms with Crippen LogP contribution < -0.4 is 10.2 Å². The average molecular weight is 420 g/mol. The predicted octanol–water partition coefficient (Wildman–Crippen LogP) is 4.31. The van der Waals surface area contributed by atoms with Gasteiger partial charge in [0.05, 0.1) is 36.2 Å². The molecule has 4 rings (SSSR count). The number of nitrogens with one attached hydrogen (secondary N) is 1. The number of carbonyl (C=O) groups is 1. The highest BCUT2D eigenvalue weighted by molar-refractivity contribution is 5.94. The van der Waals surface area contributed by atoms with Crippen molar-refractivity contribution in [3.05, 3.63) is 53.9 Å². The molecular formula is C21H23F3N4O2. The van der Waals surface area contributed by atoms with E-state index >= 15 is 0 Å². The minimum atomic E-state index is -4.49. The lowest BCUT2D eigenvalue weighted by molar-refractivity contribution is -0.137. The fraction of sp³-hybridized carbons (Fsp3) is 0.429. The first-order chi connectivity index (χ1) is 14.4. The van der Waals surface area contributed by atoms with Gasteiger partial charge >= 0.3 is 12.2 Å². The van der Waals surface area contributed by atoms with Crippen molar-refractivity contribution < 1.29 is 22.7 Å². The third-order valence-corrected chi connectivity index (χ3v) is 5.52. The van der Waals surface area contributed by atoms with Crippen LogP contribution in [0.2, 0.25) is 0 Å². The number of carbonyl (C=O) groups excluding carboxylic acids is 1. The van der Waals surface area contributed by atoms with E-state index in [2.05, 4.69) is 10.3 Å². The van der Waals surface area contributed by atoms with E-state index in [0.29, 0.717) is 38.5 Å². The first-order valence-corrected chi connectivity index (χ1v) is 9.95. The molecule has 2 aliphatic rings. The number of hydrogen-bond donors (Lipinski definition) is 1. The summed E-state index contributed by atoms with van der Waals surface area (Å²) in [6, 6.07) is 6.69. The number of alkyl halides is 3. The maximum Gasteiger partial charge on any atom is 0.416 e. The zero-order valence-corrected chi connectivity index (χ0v) is 16.4. The molecule has 6 nitrogen and oxygen atoms in total. The standard InChI is InChI=1S/C21H23F3N4O2/c22-21(23,24)16-3-4-19(27-10-12-30-13-11-27)17(14-16)26-20(29)28-9-1-2-18(28)15-5-7-25-8-6-15/h3-8,14,18H,1-2,9-13H2,(H,26,29). The highest BCUT2D eigenvalue weighted by Gasteiger charge is 2.33. The molecular weight excluding hydrogens is 397 g/mol. The number of rotatable bonds is 3. The summed E-state index contributed by atoms with van der Waals surface area (Å²) in [4.78, 5) is 20.7. The number of amides is 2. The number of halogens is 3. The Morgan fingerprint density at radius 2 is 1.83 bits per heavy atom. The fourth-order valence-corrected chi connectivity index (χ4v) is 4.02. The van der Waals surface area contributed by atoms with Gasteiger partial charge in [0, 0.05) is 32.0 Å². The number of nitrogens with zero attached hydrogens (tertiary/aromatic N) is 3. The second kappa shape index (κ2) is 8.51. The number of likely N-dealkylation sites (tertiary alicyclic amines) is 1. The number of urea groups is 1. The number of pyridine rings is 1. The number of aromatic nitrogens is 1. The van der Waals surface area contributed by atoms with E-state index in [1.165, 1.54) is 6.07 Å². The Morgan fingerprint density at radius 3 is 2.53 bits per heavy atom. The van der Waals surface area contributed by atoms with Crippen molar-refractivity contribution in [3.8, 4) is 0 Å². The first-order valence-electron chi connectivity index (χ1n) is 9.95. The summed E-state index contributed by atoms with van der Waals surface area (Å²) < 4.78 is 45.2. The first kappa shape index (κ1) is 20.5. The van der Waals surface area contributed by atoms with Gasteiger partial charge < -0.3 is 19.9 Å². The lowest BCUT2D eigenvalue weighted by Gasteiger charge is -2.32. The van der Waals surface area contributed by atoms with Crippen LogP contribution in [-0.2, 0) is 10.9 Å². The largest absolute Gasteiger partial charge is 0.416 e. The molecule has 0 aliphatic carbocycles. The quantitative estimate of drug-likeness (QED) is 0.804. The second-order valence-corrected chi connectivity index (χ2v) is 7.39. The van der Waals surface area contributed by atoms with E-state index in [0.717, 1.165) is 30.5 Å². The van der Waals surface area contributed by atoms with Gasteiger partial charge in [0.2, 0.25) is 0 Å². The van der Waals surface area contributed by atoms with E-state index in [-0.39, 0.29) is 11.7 Å². The summed E-state index contributed by atoms with van der Waals surface area (Å²) in [6.07, 6.45) is 0.492. The van der Waals surface area contributed by atoms with Crippen LogP contribution in [0.3, 0.4) is 0 Å². The molecule has 0 bridgehead atoms. The number of benzene rings is 1. The summed E-state index contributed by atoms with van der Waals surface area (Å²) >= 11 is 0. The van der Waals surface area contributed by atoms with Gasteiger partial charge in [-0.15, -0.1) is 0 Å². The van der Waals surface area contributed by atoms with E-state index in [1.54, 1.807) is 17.3 Å². The zero-order valence-electron chi connectivity index (χ0n) is 16.4. The molecule has 2 aromatic rings. The minimum absolute atomic E-state index is 0.120. The Bertz CT molecular complexity index is 886. The Morgan fingerprint density at radius 1 is 1.10 bits per heavy atom. The van der Waals surface area contributed by atoms with Crippen LogP contribution in [0.1, 0.15) is 30.0 Å². The van der Waals surface area contributed by atoms with Gasteiger partial charge in [0.15, 0.2) is 0 Å². The minimum Gasteiger partial charge on any atom is -0.378 e. The molecule has 2 amide bonds. The maximum atomic E-state index is 13.3. The van der Waals surface area contributed by atoms with Crippen LogP contribution in [0.4, 0.5) is 29.3 Å². The molecule has 0 saturated carbocycles. The van der Waals surface area contributed by atoms with Gasteiger partial charge in [-0.25, -0.2) is 4.79 Å². The molecule has 30 heavy (non-hydrogen) atoms. The maximum absolute atomic E-state index is 13.3. The second-order valence-electron chi connectivity index (χ2n) is 7.39. The molecule has 2 fully saturated rings. The van der Waals surface area contributed by atoms with Crippen molar-refractivity contribution in [1.82, 2.24) is 9.88 Å². The Labute approximate surface area is 172 Å². The molecule has 0 spiro atoms. The Balaban J connectivity index is 1.61. The molecule has 1 unspecified atom stereocenters. The van der Waals surface area contributed by atoms with Crippen molar-refractivity contribution in [3.63, 3.8) is 0 Å². The van der Waals surface area contributed by atoms with E-state index in [4.69, 9.17) is 4.74 Å². The van der Waals surface area contributed by atoms with Gasteiger partial charge in [-0.2, -0.15) is 13.2 Å². The fourth-order valence-electron chi connectivity index (χ4n) is 4.02. The molecule has 2 saturated heterocycles. The number of ether oxygens (including phenoxy) is 1. The predicted molar refractivity (Wildman–Crippen MR) is 106 cm³/mol. The molecule has 9 heteroatoms. The Hall–Kier alpha value is -2.81. The molecule has 1 N–H and O–H groups in total. The van der Waals surface area contributed by atoms with Crippen molar-refractivity contribution in [1.29, 1.82) is 0 Å². The molecule has 1 aromatic carbocycles. The summed E-state index contributed by atoms with van der Waals surface area (Å²) in [6.45, 7) is 2.63. The van der Waals surface area contributed by atoms with Crippen molar-refractivity contribution in [2.75, 3.05) is 43.1 Å². The van der Waals surface area contributed by atoms with Crippen LogP contribution >= 0.6 is 0 Å². The molecule has 3 heterocycles. The van der Waals surface area contributed by atoms with Gasteiger partial charge in [-0.05, 0) is 48.7 Å². The van der Waals surface area contributed by atoms with Gasteiger partial charge in [0.1, 0.15) is 0 Å². The summed E-state index contributed by atoms with van der Waals surface area (Å²) in [5.41, 5.74) is 0.911. The third kappa shape index (κ3) is 4.35. The molecule has 1 aromatic heterocycles. The average Bonchev–Trinajstić information content (AvgIpc) is 3.24. The van der Waals surface area contributed by atoms with E-state index in [1.807, 2.05) is 17.0 Å². The molecule has 2 aliphatic heterocycles. The summed E-state index contributed by atoms with van der Waals surface area (Å²) in [5, 5.41) is 2.75. The van der Waals surface area contributed by atoms with Crippen LogP contribution in [0.5, 0.6) is 0 Å². The number of anilines is 2. The van der Waals surface area contributed by atoms with Crippen molar-refractivity contribution in [2.24, 2.45) is 0 Å². The number of hydrogen-bond acceptors (Lipinski definition) is 4. The monoisotopic (exact) mass is 420 g/mol.